The first-order chi connectivity index (χ1) is 6.24. The topological polar surface area (TPSA) is 38.9 Å². The van der Waals surface area contributed by atoms with Crippen LogP contribution in [0.25, 0.3) is 0 Å². The molecule has 1 heterocycles. The van der Waals surface area contributed by atoms with Gasteiger partial charge in [-0.25, -0.2) is 4.98 Å². The summed E-state index contributed by atoms with van der Waals surface area (Å²) in [5.74, 6) is 1.75. The first kappa shape index (κ1) is 10.7. The van der Waals surface area contributed by atoms with Gasteiger partial charge < -0.3 is 5.73 Å². The van der Waals surface area contributed by atoms with E-state index in [0.29, 0.717) is 10.8 Å². The smallest absolute Gasteiger partial charge is 0.126 e. The average Bonchev–Trinajstić information content (AvgIpc) is 2.11. The van der Waals surface area contributed by atoms with Crippen LogP contribution in [0, 0.1) is 0 Å². The highest BCUT2D eigenvalue weighted by molar-refractivity contribution is 7.98. The predicted octanol–water partition coefficient (Wildman–Crippen LogP) is 2.61. The highest BCUT2D eigenvalue weighted by Crippen LogP contribution is 2.16. The SMILES string of the molecule is CSCCCc1cc(Cl)cnc1N. The molecule has 1 aromatic rings. The molecule has 4 heteroatoms. The second kappa shape index (κ2) is 5.35. The first-order valence-electron chi connectivity index (χ1n) is 4.13. The van der Waals surface area contributed by atoms with Crippen molar-refractivity contribution in [3.05, 3.63) is 22.8 Å². The lowest BCUT2D eigenvalue weighted by Crippen LogP contribution is -1.98. The molecule has 0 saturated heterocycles. The molecule has 0 spiro atoms. The number of thioether (sulfide) groups is 1. The van der Waals surface area contributed by atoms with Crippen molar-refractivity contribution in [2.75, 3.05) is 17.7 Å². The number of halogens is 1. The minimum Gasteiger partial charge on any atom is -0.383 e. The molecular weight excluding hydrogens is 204 g/mol. The van der Waals surface area contributed by atoms with E-state index in [0.717, 1.165) is 24.2 Å². The summed E-state index contributed by atoms with van der Waals surface area (Å²) in [6, 6.07) is 1.89. The molecule has 2 nitrogen and oxygen atoms in total. The van der Waals surface area contributed by atoms with E-state index in [9.17, 15) is 0 Å². The van der Waals surface area contributed by atoms with E-state index < -0.39 is 0 Å². The quantitative estimate of drug-likeness (QED) is 0.787. The van der Waals surface area contributed by atoms with Gasteiger partial charge in [0.25, 0.3) is 0 Å². The van der Waals surface area contributed by atoms with Gasteiger partial charge in [-0.15, -0.1) is 0 Å². The van der Waals surface area contributed by atoms with Gasteiger partial charge in [-0.1, -0.05) is 11.6 Å². The number of nitrogens with zero attached hydrogens (tertiary/aromatic N) is 1. The molecule has 0 aliphatic rings. The maximum Gasteiger partial charge on any atom is 0.126 e. The minimum absolute atomic E-state index is 0.602. The fourth-order valence-electron chi connectivity index (χ4n) is 1.10. The predicted molar refractivity (Wildman–Crippen MR) is 60.4 cm³/mol. The van der Waals surface area contributed by atoms with Crippen LogP contribution >= 0.6 is 23.4 Å². The summed E-state index contributed by atoms with van der Waals surface area (Å²) in [4.78, 5) is 4.00. The maximum absolute atomic E-state index is 5.81. The third kappa shape index (κ3) is 3.44. The van der Waals surface area contributed by atoms with Gasteiger partial charge in [0.1, 0.15) is 5.82 Å². The monoisotopic (exact) mass is 216 g/mol. The first-order valence-corrected chi connectivity index (χ1v) is 5.90. The van der Waals surface area contributed by atoms with Gasteiger partial charge in [0.05, 0.1) is 5.02 Å². The van der Waals surface area contributed by atoms with Gasteiger partial charge in [0.2, 0.25) is 0 Å². The molecule has 0 aromatic carbocycles. The van der Waals surface area contributed by atoms with E-state index >= 15 is 0 Å². The zero-order valence-electron chi connectivity index (χ0n) is 7.59. The molecule has 0 bridgehead atoms. The lowest BCUT2D eigenvalue weighted by Gasteiger charge is -2.03. The third-order valence-corrected chi connectivity index (χ3v) is 2.67. The molecule has 2 N–H and O–H groups in total. The van der Waals surface area contributed by atoms with Crippen LogP contribution in [0.15, 0.2) is 12.3 Å². The Labute approximate surface area is 87.9 Å². The summed E-state index contributed by atoms with van der Waals surface area (Å²) in [6.45, 7) is 0. The molecule has 1 aromatic heterocycles. The second-order valence-corrected chi connectivity index (χ2v) is 4.22. The molecule has 1 rings (SSSR count). The average molecular weight is 217 g/mol. The number of anilines is 1. The Balaban J connectivity index is 2.59. The number of aryl methyl sites for hydroxylation is 1. The highest BCUT2D eigenvalue weighted by Gasteiger charge is 2.00. The van der Waals surface area contributed by atoms with E-state index in [1.54, 1.807) is 6.20 Å². The largest absolute Gasteiger partial charge is 0.383 e. The molecule has 0 aliphatic heterocycles. The van der Waals surface area contributed by atoms with E-state index in [-0.39, 0.29) is 0 Å². The molecule has 13 heavy (non-hydrogen) atoms. The summed E-state index contributed by atoms with van der Waals surface area (Å²) >= 11 is 7.64. The molecular formula is C9H13ClN2S. The zero-order chi connectivity index (χ0) is 9.68. The van der Waals surface area contributed by atoms with Gasteiger partial charge in [-0.3, -0.25) is 0 Å². The molecule has 0 fully saturated rings. The number of pyridine rings is 1. The van der Waals surface area contributed by atoms with Gasteiger partial charge in [0, 0.05) is 6.20 Å². The Kier molecular flexibility index (Phi) is 4.39. The fourth-order valence-corrected chi connectivity index (χ4v) is 1.71. The molecule has 0 aliphatic carbocycles. The van der Waals surface area contributed by atoms with Crippen molar-refractivity contribution in [1.82, 2.24) is 4.98 Å². The number of rotatable bonds is 4. The standard InChI is InChI=1S/C9H13ClN2S/c1-13-4-2-3-7-5-8(10)6-12-9(7)11/h5-6H,2-4H2,1H3,(H2,11,12). The van der Waals surface area contributed by atoms with Crippen molar-refractivity contribution in [3.8, 4) is 0 Å². The van der Waals surface area contributed by atoms with Crippen LogP contribution in [0.4, 0.5) is 5.82 Å². The van der Waals surface area contributed by atoms with Gasteiger partial charge in [-0.2, -0.15) is 11.8 Å². The number of nitrogens with two attached hydrogens (primary N) is 1. The third-order valence-electron chi connectivity index (χ3n) is 1.76. The lowest BCUT2D eigenvalue weighted by molar-refractivity contribution is 0.930. The maximum atomic E-state index is 5.81. The van der Waals surface area contributed by atoms with Crippen LogP contribution in [-0.4, -0.2) is 17.0 Å². The van der Waals surface area contributed by atoms with Crippen molar-refractivity contribution >= 4 is 29.2 Å². The second-order valence-electron chi connectivity index (χ2n) is 2.79. The molecule has 0 unspecified atom stereocenters. The fraction of sp³-hybridized carbons (Fsp3) is 0.444. The molecule has 0 saturated carbocycles. The molecule has 72 valence electrons. The zero-order valence-corrected chi connectivity index (χ0v) is 9.16. The van der Waals surface area contributed by atoms with Crippen molar-refractivity contribution in [2.45, 2.75) is 12.8 Å². The van der Waals surface area contributed by atoms with Crippen LogP contribution in [-0.2, 0) is 6.42 Å². The highest BCUT2D eigenvalue weighted by atomic mass is 35.5. The Morgan fingerprint density at radius 2 is 2.38 bits per heavy atom. The van der Waals surface area contributed by atoms with Gasteiger partial charge in [-0.05, 0) is 36.5 Å². The summed E-state index contributed by atoms with van der Waals surface area (Å²) in [5.41, 5.74) is 6.75. The number of aromatic nitrogens is 1. The van der Waals surface area contributed by atoms with E-state index in [1.165, 1.54) is 0 Å². The number of hydrogen-bond acceptors (Lipinski definition) is 3. The van der Waals surface area contributed by atoms with Crippen LogP contribution in [0.3, 0.4) is 0 Å². The van der Waals surface area contributed by atoms with Crippen LogP contribution in [0.1, 0.15) is 12.0 Å². The number of hydrogen-bond donors (Lipinski definition) is 1. The molecule has 0 atom stereocenters. The lowest BCUT2D eigenvalue weighted by atomic mass is 10.1. The molecule has 0 amide bonds. The normalized spacial score (nSPS) is 10.3. The van der Waals surface area contributed by atoms with Crippen LogP contribution < -0.4 is 5.73 Å². The Morgan fingerprint density at radius 1 is 1.62 bits per heavy atom. The Hall–Kier alpha value is -0.410. The minimum atomic E-state index is 0.602. The van der Waals surface area contributed by atoms with Gasteiger partial charge in [0.15, 0.2) is 0 Å². The summed E-state index contributed by atoms with van der Waals surface area (Å²) in [7, 11) is 0. The van der Waals surface area contributed by atoms with E-state index in [2.05, 4.69) is 11.2 Å². The van der Waals surface area contributed by atoms with Crippen molar-refractivity contribution in [2.24, 2.45) is 0 Å². The Bertz CT molecular complexity index is 278. The van der Waals surface area contributed by atoms with Crippen LogP contribution in [0.2, 0.25) is 5.02 Å². The molecule has 0 radical (unpaired) electrons. The summed E-state index contributed by atoms with van der Waals surface area (Å²) < 4.78 is 0. The van der Waals surface area contributed by atoms with Crippen LogP contribution in [0.5, 0.6) is 0 Å². The van der Waals surface area contributed by atoms with Gasteiger partial charge >= 0.3 is 0 Å². The number of nitrogen functional groups attached to an aromatic ring is 1. The van der Waals surface area contributed by atoms with E-state index in [4.69, 9.17) is 17.3 Å². The Morgan fingerprint density at radius 3 is 3.08 bits per heavy atom. The van der Waals surface area contributed by atoms with Crippen molar-refractivity contribution < 1.29 is 0 Å². The van der Waals surface area contributed by atoms with Crippen molar-refractivity contribution in [3.63, 3.8) is 0 Å². The van der Waals surface area contributed by atoms with E-state index in [1.807, 2.05) is 17.8 Å². The summed E-state index contributed by atoms with van der Waals surface area (Å²) in [6.07, 6.45) is 5.75. The van der Waals surface area contributed by atoms with Crippen molar-refractivity contribution in [1.29, 1.82) is 0 Å². The summed E-state index contributed by atoms with van der Waals surface area (Å²) in [5, 5.41) is 0.661.